The molecule has 1 fully saturated rings. The Bertz CT molecular complexity index is 215. The zero-order valence-electron chi connectivity index (χ0n) is 7.18. The van der Waals surface area contributed by atoms with Crippen molar-refractivity contribution in [2.24, 2.45) is 17.8 Å². The zero-order valence-corrected chi connectivity index (χ0v) is 7.18. The van der Waals surface area contributed by atoms with E-state index in [-0.39, 0.29) is 0 Å². The molecule has 0 saturated heterocycles. The first-order chi connectivity index (χ1) is 5.93. The van der Waals surface area contributed by atoms with Gasteiger partial charge in [0.1, 0.15) is 0 Å². The number of rotatable bonds is 2. The van der Waals surface area contributed by atoms with Gasteiger partial charge in [0.2, 0.25) is 0 Å². The Labute approximate surface area is 73.5 Å². The molecular weight excluding hydrogens is 148 g/mol. The minimum absolute atomic E-state index is 0.657. The molecule has 0 N–H and O–H groups in total. The van der Waals surface area contributed by atoms with Crippen LogP contribution in [-0.4, -0.2) is 6.29 Å². The molecule has 2 rings (SSSR count). The lowest BCUT2D eigenvalue weighted by Crippen LogP contribution is -1.85. The monoisotopic (exact) mass is 161 g/mol. The first-order valence-electron chi connectivity index (χ1n) is 4.74. The van der Waals surface area contributed by atoms with Gasteiger partial charge in [0.15, 0.2) is 6.29 Å². The van der Waals surface area contributed by atoms with Gasteiger partial charge in [0.25, 0.3) is 0 Å². The molecule has 0 bridgehead atoms. The summed E-state index contributed by atoms with van der Waals surface area (Å²) in [7, 11) is 0. The molecule has 0 aliphatic heterocycles. The molecule has 1 nitrogen and oxygen atoms in total. The highest BCUT2D eigenvalue weighted by Crippen LogP contribution is 2.53. The molecule has 12 heavy (non-hydrogen) atoms. The van der Waals surface area contributed by atoms with Gasteiger partial charge in [-0.15, -0.1) is 11.8 Å². The van der Waals surface area contributed by atoms with E-state index in [4.69, 9.17) is 0 Å². The van der Waals surface area contributed by atoms with Crippen LogP contribution in [0.15, 0.2) is 0 Å². The van der Waals surface area contributed by atoms with Crippen molar-refractivity contribution in [2.75, 3.05) is 0 Å². The minimum Gasteiger partial charge on any atom is -0.291 e. The third-order valence-corrected chi connectivity index (χ3v) is 3.16. The lowest BCUT2D eigenvalue weighted by atomic mass is 10.1. The van der Waals surface area contributed by atoms with Crippen molar-refractivity contribution in [3.05, 3.63) is 0 Å². The van der Waals surface area contributed by atoms with Gasteiger partial charge in [-0.05, 0) is 30.6 Å². The first-order valence-corrected chi connectivity index (χ1v) is 4.74. The maximum atomic E-state index is 10.2. The SMILES string of the molecule is O=[C]CC1C2CCC#CCCC12. The molecule has 0 amide bonds. The Morgan fingerprint density at radius 3 is 2.25 bits per heavy atom. The van der Waals surface area contributed by atoms with Crippen molar-refractivity contribution in [1.29, 1.82) is 0 Å². The van der Waals surface area contributed by atoms with Crippen LogP contribution in [0, 0.1) is 29.6 Å². The fourth-order valence-electron chi connectivity index (χ4n) is 2.43. The number of hydrogen-bond acceptors (Lipinski definition) is 1. The largest absolute Gasteiger partial charge is 0.291 e. The molecule has 0 heterocycles. The fourth-order valence-corrected chi connectivity index (χ4v) is 2.43. The second-order valence-electron chi connectivity index (χ2n) is 3.77. The van der Waals surface area contributed by atoms with Crippen molar-refractivity contribution < 1.29 is 4.79 Å². The molecule has 1 radical (unpaired) electrons. The van der Waals surface area contributed by atoms with Crippen LogP contribution in [0.4, 0.5) is 0 Å². The van der Waals surface area contributed by atoms with E-state index in [0.717, 1.165) is 24.7 Å². The van der Waals surface area contributed by atoms with Gasteiger partial charge in [0, 0.05) is 19.3 Å². The van der Waals surface area contributed by atoms with E-state index in [1.807, 2.05) is 6.29 Å². The smallest absolute Gasteiger partial charge is 0.198 e. The highest BCUT2D eigenvalue weighted by molar-refractivity contribution is 5.52. The molecule has 1 heteroatoms. The maximum absolute atomic E-state index is 10.2. The van der Waals surface area contributed by atoms with Gasteiger partial charge >= 0.3 is 0 Å². The van der Waals surface area contributed by atoms with Crippen LogP contribution < -0.4 is 0 Å². The highest BCUT2D eigenvalue weighted by atomic mass is 16.1. The Hall–Kier alpha value is -0.770. The lowest BCUT2D eigenvalue weighted by Gasteiger charge is -1.96. The van der Waals surface area contributed by atoms with Gasteiger partial charge in [0.05, 0.1) is 0 Å². The number of hydrogen-bond donors (Lipinski definition) is 0. The second-order valence-corrected chi connectivity index (χ2v) is 3.77. The van der Waals surface area contributed by atoms with Crippen molar-refractivity contribution >= 4 is 6.29 Å². The van der Waals surface area contributed by atoms with Crippen LogP contribution in [0.1, 0.15) is 32.1 Å². The quantitative estimate of drug-likeness (QED) is 0.565. The number of fused-ring (bicyclic) bond motifs is 1. The average Bonchev–Trinajstić information content (AvgIpc) is 2.61. The Balaban J connectivity index is 1.90. The molecule has 0 aromatic heterocycles. The van der Waals surface area contributed by atoms with Gasteiger partial charge in [-0.25, -0.2) is 0 Å². The van der Waals surface area contributed by atoms with E-state index in [1.54, 1.807) is 0 Å². The summed E-state index contributed by atoms with van der Waals surface area (Å²) in [6.07, 6.45) is 7.20. The van der Waals surface area contributed by atoms with Gasteiger partial charge in [-0.2, -0.15) is 0 Å². The van der Waals surface area contributed by atoms with E-state index in [2.05, 4.69) is 11.8 Å². The predicted octanol–water partition coefficient (Wildman–Crippen LogP) is 1.93. The van der Waals surface area contributed by atoms with E-state index < -0.39 is 0 Å². The summed E-state index contributed by atoms with van der Waals surface area (Å²) >= 11 is 0. The Kier molecular flexibility index (Phi) is 2.17. The van der Waals surface area contributed by atoms with Gasteiger partial charge < -0.3 is 0 Å². The molecule has 2 aliphatic rings. The predicted molar refractivity (Wildman–Crippen MR) is 47.0 cm³/mol. The van der Waals surface area contributed by atoms with Gasteiger partial charge in [-0.3, -0.25) is 4.79 Å². The summed E-state index contributed by atoms with van der Waals surface area (Å²) < 4.78 is 0. The van der Waals surface area contributed by atoms with E-state index >= 15 is 0 Å². The maximum Gasteiger partial charge on any atom is 0.198 e. The van der Waals surface area contributed by atoms with E-state index in [9.17, 15) is 4.79 Å². The second kappa shape index (κ2) is 3.31. The van der Waals surface area contributed by atoms with Crippen LogP contribution in [-0.2, 0) is 4.79 Å². The summed E-state index contributed by atoms with van der Waals surface area (Å²) in [6, 6.07) is 0. The van der Waals surface area contributed by atoms with Crippen LogP contribution >= 0.6 is 0 Å². The van der Waals surface area contributed by atoms with Crippen LogP contribution in [0.25, 0.3) is 0 Å². The van der Waals surface area contributed by atoms with Gasteiger partial charge in [-0.1, -0.05) is 0 Å². The molecule has 0 spiro atoms. The van der Waals surface area contributed by atoms with Crippen molar-refractivity contribution in [2.45, 2.75) is 32.1 Å². The molecule has 2 unspecified atom stereocenters. The summed E-state index contributed by atoms with van der Waals surface area (Å²) in [5.41, 5.74) is 0. The molecule has 63 valence electrons. The summed E-state index contributed by atoms with van der Waals surface area (Å²) in [6.45, 7) is 0. The topological polar surface area (TPSA) is 17.1 Å². The zero-order chi connectivity index (χ0) is 8.39. The Morgan fingerprint density at radius 1 is 1.17 bits per heavy atom. The first kappa shape index (κ1) is 7.86. The molecule has 2 aliphatic carbocycles. The Morgan fingerprint density at radius 2 is 1.75 bits per heavy atom. The molecule has 1 saturated carbocycles. The van der Waals surface area contributed by atoms with Crippen LogP contribution in [0.5, 0.6) is 0 Å². The third-order valence-electron chi connectivity index (χ3n) is 3.16. The van der Waals surface area contributed by atoms with Crippen molar-refractivity contribution in [1.82, 2.24) is 0 Å². The summed E-state index contributed by atoms with van der Waals surface area (Å²) in [5.74, 6) is 8.59. The lowest BCUT2D eigenvalue weighted by molar-refractivity contribution is 0.540. The summed E-state index contributed by atoms with van der Waals surface area (Å²) in [5, 5.41) is 0. The average molecular weight is 161 g/mol. The van der Waals surface area contributed by atoms with Crippen LogP contribution in [0.2, 0.25) is 0 Å². The normalized spacial score (nSPS) is 38.2. The minimum atomic E-state index is 0.657. The van der Waals surface area contributed by atoms with Crippen molar-refractivity contribution in [3.63, 3.8) is 0 Å². The molecule has 0 aromatic carbocycles. The number of carbonyl (C=O) groups excluding carboxylic acids is 1. The van der Waals surface area contributed by atoms with Crippen molar-refractivity contribution in [3.8, 4) is 11.8 Å². The molecule has 2 atom stereocenters. The fraction of sp³-hybridized carbons (Fsp3) is 0.727. The molecular formula is C11H13O. The molecule has 0 aromatic rings. The standard InChI is InChI=1S/C11H13O/c12-8-7-11-9-5-3-1-2-4-6-10(9)11/h9-11H,3-7H2. The van der Waals surface area contributed by atoms with E-state index in [1.165, 1.54) is 12.8 Å². The van der Waals surface area contributed by atoms with Crippen LogP contribution in [0.3, 0.4) is 0 Å². The highest BCUT2D eigenvalue weighted by Gasteiger charge is 2.47. The summed E-state index contributed by atoms with van der Waals surface area (Å²) in [4.78, 5) is 10.2. The van der Waals surface area contributed by atoms with E-state index in [0.29, 0.717) is 12.3 Å². The third kappa shape index (κ3) is 1.39.